The van der Waals surface area contributed by atoms with Gasteiger partial charge < -0.3 is 10.4 Å². The highest BCUT2D eigenvalue weighted by atomic mass is 35.5. The van der Waals surface area contributed by atoms with Gasteiger partial charge in [0.15, 0.2) is 0 Å². The molecule has 0 bridgehead atoms. The van der Waals surface area contributed by atoms with E-state index in [-0.39, 0.29) is 6.10 Å². The van der Waals surface area contributed by atoms with Crippen LogP contribution in [0.15, 0.2) is 12.3 Å². The van der Waals surface area contributed by atoms with Gasteiger partial charge in [-0.3, -0.25) is 0 Å². The minimum Gasteiger partial charge on any atom is -0.393 e. The first-order valence-corrected chi connectivity index (χ1v) is 6.63. The van der Waals surface area contributed by atoms with Gasteiger partial charge in [-0.2, -0.15) is 0 Å². The van der Waals surface area contributed by atoms with E-state index in [2.05, 4.69) is 10.3 Å². The fraction of sp³-hybridized carbons (Fsp3) is 0.583. The summed E-state index contributed by atoms with van der Waals surface area (Å²) in [5, 5.41) is 13.9. The largest absolute Gasteiger partial charge is 0.393 e. The van der Waals surface area contributed by atoms with Crippen LogP contribution in [0.1, 0.15) is 25.7 Å². The molecule has 0 aliphatic heterocycles. The van der Waals surface area contributed by atoms with Crippen molar-refractivity contribution in [1.29, 1.82) is 0 Å². The first-order chi connectivity index (χ1) is 8.15. The van der Waals surface area contributed by atoms with Gasteiger partial charge in [0.1, 0.15) is 5.82 Å². The number of halogens is 2. The maximum atomic E-state index is 9.58. The van der Waals surface area contributed by atoms with Crippen LogP contribution in [0.4, 0.5) is 5.82 Å². The summed E-state index contributed by atoms with van der Waals surface area (Å²) in [6, 6.07) is 1.67. The molecule has 1 heterocycles. The lowest BCUT2D eigenvalue weighted by Gasteiger charge is -2.26. The molecular formula is C12H16Cl2N2O. The number of rotatable bonds is 3. The number of aromatic nitrogens is 1. The minimum absolute atomic E-state index is 0.149. The molecule has 0 aromatic carbocycles. The summed E-state index contributed by atoms with van der Waals surface area (Å²) in [6.07, 6.45) is 5.45. The third-order valence-corrected chi connectivity index (χ3v) is 3.62. The van der Waals surface area contributed by atoms with Crippen molar-refractivity contribution in [3.63, 3.8) is 0 Å². The Hall–Kier alpha value is -0.510. The molecule has 1 aliphatic rings. The van der Waals surface area contributed by atoms with Gasteiger partial charge in [-0.15, -0.1) is 0 Å². The highest BCUT2D eigenvalue weighted by molar-refractivity contribution is 6.35. The zero-order valence-electron chi connectivity index (χ0n) is 9.50. The number of nitrogens with zero attached hydrogens (tertiary/aromatic N) is 1. The van der Waals surface area contributed by atoms with Crippen molar-refractivity contribution in [2.75, 3.05) is 11.9 Å². The SMILES string of the molecule is OC1CCCC(CNc2ncc(Cl)cc2Cl)C1. The maximum absolute atomic E-state index is 9.58. The Morgan fingerprint density at radius 3 is 2.94 bits per heavy atom. The van der Waals surface area contributed by atoms with Gasteiger partial charge in [-0.05, 0) is 31.2 Å². The third-order valence-electron chi connectivity index (χ3n) is 3.12. The molecule has 5 heteroatoms. The second-order valence-electron chi connectivity index (χ2n) is 4.55. The average Bonchev–Trinajstić information content (AvgIpc) is 2.28. The van der Waals surface area contributed by atoms with Crippen LogP contribution in [0.25, 0.3) is 0 Å². The molecule has 17 heavy (non-hydrogen) atoms. The fourth-order valence-electron chi connectivity index (χ4n) is 2.23. The molecule has 0 radical (unpaired) electrons. The number of anilines is 1. The number of nitrogens with one attached hydrogen (secondary N) is 1. The normalized spacial score (nSPS) is 24.6. The first-order valence-electron chi connectivity index (χ1n) is 5.88. The molecule has 2 unspecified atom stereocenters. The van der Waals surface area contributed by atoms with Crippen LogP contribution in [0, 0.1) is 5.92 Å². The lowest BCUT2D eigenvalue weighted by molar-refractivity contribution is 0.104. The zero-order valence-corrected chi connectivity index (χ0v) is 11.0. The molecule has 1 aromatic heterocycles. The Kier molecular flexibility index (Phi) is 4.48. The first kappa shape index (κ1) is 12.9. The Morgan fingerprint density at radius 1 is 1.41 bits per heavy atom. The number of aliphatic hydroxyl groups is 1. The summed E-state index contributed by atoms with van der Waals surface area (Å²) >= 11 is 11.8. The Balaban J connectivity index is 1.88. The van der Waals surface area contributed by atoms with Crippen LogP contribution >= 0.6 is 23.2 Å². The van der Waals surface area contributed by atoms with Gasteiger partial charge in [-0.1, -0.05) is 29.6 Å². The number of hydrogen-bond acceptors (Lipinski definition) is 3. The third kappa shape index (κ3) is 3.73. The van der Waals surface area contributed by atoms with Crippen molar-refractivity contribution in [3.8, 4) is 0 Å². The van der Waals surface area contributed by atoms with Crippen LogP contribution in [-0.4, -0.2) is 22.7 Å². The van der Waals surface area contributed by atoms with Crippen molar-refractivity contribution < 1.29 is 5.11 Å². The molecule has 2 N–H and O–H groups in total. The summed E-state index contributed by atoms with van der Waals surface area (Å²) in [5.41, 5.74) is 0. The highest BCUT2D eigenvalue weighted by Gasteiger charge is 2.20. The Labute approximate surface area is 111 Å². The van der Waals surface area contributed by atoms with Crippen molar-refractivity contribution in [1.82, 2.24) is 4.98 Å². The minimum atomic E-state index is -0.149. The predicted molar refractivity (Wildman–Crippen MR) is 70.7 cm³/mol. The zero-order chi connectivity index (χ0) is 12.3. The fourth-order valence-corrected chi connectivity index (χ4v) is 2.68. The number of aliphatic hydroxyl groups excluding tert-OH is 1. The van der Waals surface area contributed by atoms with Crippen LogP contribution < -0.4 is 5.32 Å². The van der Waals surface area contributed by atoms with Crippen molar-refractivity contribution >= 4 is 29.0 Å². The van der Waals surface area contributed by atoms with Crippen molar-refractivity contribution in [2.45, 2.75) is 31.8 Å². The van der Waals surface area contributed by atoms with E-state index in [4.69, 9.17) is 23.2 Å². The molecule has 1 saturated carbocycles. The molecule has 94 valence electrons. The number of pyridine rings is 1. The lowest BCUT2D eigenvalue weighted by atomic mass is 9.87. The lowest BCUT2D eigenvalue weighted by Crippen LogP contribution is -2.25. The average molecular weight is 275 g/mol. The van der Waals surface area contributed by atoms with E-state index in [0.29, 0.717) is 21.8 Å². The van der Waals surface area contributed by atoms with Gasteiger partial charge >= 0.3 is 0 Å². The number of hydrogen-bond donors (Lipinski definition) is 2. The van der Waals surface area contributed by atoms with Gasteiger partial charge in [0.05, 0.1) is 16.1 Å². The van der Waals surface area contributed by atoms with Gasteiger partial charge in [-0.25, -0.2) is 4.98 Å². The van der Waals surface area contributed by atoms with E-state index >= 15 is 0 Å². The van der Waals surface area contributed by atoms with Crippen LogP contribution in [0.3, 0.4) is 0 Å². The van der Waals surface area contributed by atoms with E-state index in [9.17, 15) is 5.11 Å². The Morgan fingerprint density at radius 2 is 2.24 bits per heavy atom. The summed E-state index contributed by atoms with van der Waals surface area (Å²) < 4.78 is 0. The van der Waals surface area contributed by atoms with E-state index in [1.165, 1.54) is 0 Å². The van der Waals surface area contributed by atoms with Crippen LogP contribution in [0.2, 0.25) is 10.0 Å². The quantitative estimate of drug-likeness (QED) is 0.889. The van der Waals surface area contributed by atoms with Gasteiger partial charge in [0, 0.05) is 12.7 Å². The highest BCUT2D eigenvalue weighted by Crippen LogP contribution is 2.26. The van der Waals surface area contributed by atoms with E-state index in [0.717, 1.165) is 32.2 Å². The summed E-state index contributed by atoms with van der Waals surface area (Å²) in [7, 11) is 0. The van der Waals surface area contributed by atoms with E-state index in [1.807, 2.05) is 0 Å². The van der Waals surface area contributed by atoms with Crippen molar-refractivity contribution in [3.05, 3.63) is 22.3 Å². The van der Waals surface area contributed by atoms with E-state index < -0.39 is 0 Å². The summed E-state index contributed by atoms with van der Waals surface area (Å²) in [5.74, 6) is 1.16. The molecule has 0 amide bonds. The smallest absolute Gasteiger partial charge is 0.144 e. The van der Waals surface area contributed by atoms with Gasteiger partial charge in [0.2, 0.25) is 0 Å². The predicted octanol–water partition coefficient (Wildman–Crippen LogP) is 3.35. The van der Waals surface area contributed by atoms with Crippen LogP contribution in [-0.2, 0) is 0 Å². The molecule has 1 aliphatic carbocycles. The molecule has 2 atom stereocenters. The second kappa shape index (κ2) is 5.89. The standard InChI is InChI=1S/C12H16Cl2N2O/c13-9-5-11(14)12(16-7-9)15-6-8-2-1-3-10(17)4-8/h5,7-8,10,17H,1-4,6H2,(H,15,16). The molecule has 0 spiro atoms. The van der Waals surface area contributed by atoms with Gasteiger partial charge in [0.25, 0.3) is 0 Å². The maximum Gasteiger partial charge on any atom is 0.144 e. The monoisotopic (exact) mass is 274 g/mol. The van der Waals surface area contributed by atoms with Crippen molar-refractivity contribution in [2.24, 2.45) is 5.92 Å². The Bertz CT molecular complexity index is 387. The molecule has 1 aromatic rings. The topological polar surface area (TPSA) is 45.1 Å². The summed E-state index contributed by atoms with van der Waals surface area (Å²) in [4.78, 5) is 4.14. The summed E-state index contributed by atoms with van der Waals surface area (Å²) in [6.45, 7) is 0.797. The molecule has 2 rings (SSSR count). The van der Waals surface area contributed by atoms with Crippen LogP contribution in [0.5, 0.6) is 0 Å². The molecule has 1 fully saturated rings. The molecular weight excluding hydrogens is 259 g/mol. The van der Waals surface area contributed by atoms with E-state index in [1.54, 1.807) is 12.3 Å². The second-order valence-corrected chi connectivity index (χ2v) is 5.39. The molecule has 3 nitrogen and oxygen atoms in total. The molecule has 0 saturated heterocycles.